The molecule has 1 unspecified atom stereocenters. The molecule has 5 nitrogen and oxygen atoms in total. The van der Waals surface area contributed by atoms with E-state index in [0.29, 0.717) is 17.0 Å². The first-order valence-corrected chi connectivity index (χ1v) is 6.09. The molecular formula is C15H16N2O3. The van der Waals surface area contributed by atoms with Gasteiger partial charge in [-0.05, 0) is 30.3 Å². The molecule has 5 heteroatoms. The molecule has 1 atom stereocenters. The second-order valence-electron chi connectivity index (χ2n) is 4.27. The molecule has 0 bridgehead atoms. The Balaban J connectivity index is 2.26. The summed E-state index contributed by atoms with van der Waals surface area (Å²) in [5.41, 5.74) is 6.55. The first-order chi connectivity index (χ1) is 9.61. The summed E-state index contributed by atoms with van der Waals surface area (Å²) < 4.78 is 5.07. The maximum Gasteiger partial charge on any atom is 0.244 e. The number of primary amides is 1. The zero-order valence-corrected chi connectivity index (χ0v) is 11.0. The summed E-state index contributed by atoms with van der Waals surface area (Å²) in [5.74, 6) is 0.174. The molecule has 0 spiro atoms. The molecule has 0 aliphatic carbocycles. The predicted octanol–water partition coefficient (Wildman–Crippen LogP) is 2.04. The van der Waals surface area contributed by atoms with E-state index in [4.69, 9.17) is 10.5 Å². The van der Waals surface area contributed by atoms with Gasteiger partial charge in [0.05, 0.1) is 7.11 Å². The number of hydrogen-bond donors (Lipinski definition) is 3. The van der Waals surface area contributed by atoms with Crippen LogP contribution in [0.15, 0.2) is 48.5 Å². The number of aromatic hydroxyl groups is 1. The average Bonchev–Trinajstić information content (AvgIpc) is 2.46. The molecule has 0 saturated heterocycles. The lowest BCUT2D eigenvalue weighted by molar-refractivity contribution is -0.118. The van der Waals surface area contributed by atoms with Crippen LogP contribution in [0.1, 0.15) is 11.6 Å². The van der Waals surface area contributed by atoms with Crippen molar-refractivity contribution >= 4 is 11.6 Å². The van der Waals surface area contributed by atoms with Crippen molar-refractivity contribution in [3.05, 3.63) is 54.1 Å². The topological polar surface area (TPSA) is 84.6 Å². The van der Waals surface area contributed by atoms with Crippen molar-refractivity contribution in [1.82, 2.24) is 0 Å². The van der Waals surface area contributed by atoms with Gasteiger partial charge in [-0.2, -0.15) is 0 Å². The molecular weight excluding hydrogens is 256 g/mol. The molecule has 0 aromatic heterocycles. The summed E-state index contributed by atoms with van der Waals surface area (Å²) >= 11 is 0. The molecule has 4 N–H and O–H groups in total. The molecule has 1 amide bonds. The highest BCUT2D eigenvalue weighted by molar-refractivity contribution is 5.85. The number of nitrogens with one attached hydrogen (secondary N) is 1. The van der Waals surface area contributed by atoms with Gasteiger partial charge in [0.1, 0.15) is 17.5 Å². The van der Waals surface area contributed by atoms with Gasteiger partial charge in [-0.1, -0.05) is 18.2 Å². The zero-order valence-electron chi connectivity index (χ0n) is 11.0. The Bertz CT molecular complexity index is 596. The number of carbonyl (C=O) groups excluding carboxylic acids is 1. The number of nitrogens with two attached hydrogens (primary N) is 1. The van der Waals surface area contributed by atoms with E-state index < -0.39 is 11.9 Å². The van der Waals surface area contributed by atoms with Gasteiger partial charge in [0.25, 0.3) is 0 Å². The molecule has 0 aliphatic heterocycles. The highest BCUT2D eigenvalue weighted by atomic mass is 16.5. The van der Waals surface area contributed by atoms with Crippen LogP contribution in [-0.2, 0) is 4.79 Å². The predicted molar refractivity (Wildman–Crippen MR) is 76.7 cm³/mol. The standard InChI is InChI=1S/C15H16N2O3/c1-20-11-8-6-10(7-9-11)17-14(15(16)19)12-4-2-3-5-13(12)18/h2-9,14,17-18H,1H3,(H2,16,19). The number of ether oxygens (including phenoxy) is 1. The van der Waals surface area contributed by atoms with Crippen molar-refractivity contribution in [3.63, 3.8) is 0 Å². The van der Waals surface area contributed by atoms with Crippen LogP contribution in [0.5, 0.6) is 11.5 Å². The highest BCUT2D eigenvalue weighted by Gasteiger charge is 2.20. The summed E-state index contributed by atoms with van der Waals surface area (Å²) in [4.78, 5) is 11.6. The maximum absolute atomic E-state index is 11.6. The largest absolute Gasteiger partial charge is 0.508 e. The van der Waals surface area contributed by atoms with Crippen LogP contribution in [0.25, 0.3) is 0 Å². The number of rotatable bonds is 5. The fraction of sp³-hybridized carbons (Fsp3) is 0.133. The number of phenols is 1. The normalized spacial score (nSPS) is 11.7. The number of phenolic OH excluding ortho intramolecular Hbond substituents is 1. The minimum atomic E-state index is -0.801. The maximum atomic E-state index is 11.6. The van der Waals surface area contributed by atoms with E-state index in [9.17, 15) is 9.90 Å². The van der Waals surface area contributed by atoms with Crippen molar-refractivity contribution in [2.24, 2.45) is 5.73 Å². The molecule has 2 rings (SSSR count). The molecule has 0 saturated carbocycles. The first kappa shape index (κ1) is 13.7. The van der Waals surface area contributed by atoms with Crippen molar-refractivity contribution in [2.45, 2.75) is 6.04 Å². The fourth-order valence-electron chi connectivity index (χ4n) is 1.89. The van der Waals surface area contributed by atoms with Gasteiger partial charge < -0.3 is 20.9 Å². The second-order valence-corrected chi connectivity index (χ2v) is 4.27. The van der Waals surface area contributed by atoms with Gasteiger partial charge >= 0.3 is 0 Å². The number of anilines is 1. The van der Waals surface area contributed by atoms with Crippen LogP contribution < -0.4 is 15.8 Å². The summed E-state index contributed by atoms with van der Waals surface area (Å²) in [5, 5.41) is 12.8. The smallest absolute Gasteiger partial charge is 0.244 e. The third-order valence-corrected chi connectivity index (χ3v) is 2.93. The third kappa shape index (κ3) is 3.00. The van der Waals surface area contributed by atoms with Crippen molar-refractivity contribution in [1.29, 1.82) is 0 Å². The zero-order chi connectivity index (χ0) is 14.5. The van der Waals surface area contributed by atoms with Crippen molar-refractivity contribution in [2.75, 3.05) is 12.4 Å². The van der Waals surface area contributed by atoms with E-state index in [1.54, 1.807) is 49.6 Å². The molecule has 20 heavy (non-hydrogen) atoms. The quantitative estimate of drug-likeness (QED) is 0.777. The number of para-hydroxylation sites is 1. The Morgan fingerprint density at radius 2 is 1.85 bits per heavy atom. The molecule has 0 radical (unpaired) electrons. The van der Waals surface area contributed by atoms with Crippen LogP contribution in [-0.4, -0.2) is 18.1 Å². The monoisotopic (exact) mass is 272 g/mol. The number of carbonyl (C=O) groups is 1. The fourth-order valence-corrected chi connectivity index (χ4v) is 1.89. The minimum Gasteiger partial charge on any atom is -0.508 e. The Morgan fingerprint density at radius 3 is 2.40 bits per heavy atom. The van der Waals surface area contributed by atoms with Gasteiger partial charge in [-0.3, -0.25) is 4.79 Å². The van der Waals surface area contributed by atoms with Crippen LogP contribution in [0.3, 0.4) is 0 Å². The van der Waals surface area contributed by atoms with Gasteiger partial charge in [-0.25, -0.2) is 0 Å². The number of benzene rings is 2. The lowest BCUT2D eigenvalue weighted by Gasteiger charge is -2.18. The second kappa shape index (κ2) is 5.97. The van der Waals surface area contributed by atoms with Gasteiger partial charge in [0, 0.05) is 11.3 Å². The molecule has 2 aromatic carbocycles. The van der Waals surface area contributed by atoms with E-state index >= 15 is 0 Å². The van der Waals surface area contributed by atoms with Crippen LogP contribution in [0.4, 0.5) is 5.69 Å². The number of amides is 1. The SMILES string of the molecule is COc1ccc(NC(C(N)=O)c2ccccc2O)cc1. The van der Waals surface area contributed by atoms with Crippen LogP contribution in [0.2, 0.25) is 0 Å². The summed E-state index contributed by atoms with van der Waals surface area (Å²) in [6.45, 7) is 0. The van der Waals surface area contributed by atoms with Crippen LogP contribution in [0, 0.1) is 0 Å². The van der Waals surface area contributed by atoms with E-state index in [2.05, 4.69) is 5.32 Å². The molecule has 0 aliphatic rings. The average molecular weight is 272 g/mol. The van der Waals surface area contributed by atoms with E-state index in [-0.39, 0.29) is 5.75 Å². The summed E-state index contributed by atoms with van der Waals surface area (Å²) in [7, 11) is 1.58. The summed E-state index contributed by atoms with van der Waals surface area (Å²) in [6.07, 6.45) is 0. The van der Waals surface area contributed by atoms with Crippen LogP contribution >= 0.6 is 0 Å². The highest BCUT2D eigenvalue weighted by Crippen LogP contribution is 2.27. The molecule has 104 valence electrons. The molecule has 2 aromatic rings. The lowest BCUT2D eigenvalue weighted by Crippen LogP contribution is -2.27. The lowest BCUT2D eigenvalue weighted by atomic mass is 10.0. The number of methoxy groups -OCH3 is 1. The first-order valence-electron chi connectivity index (χ1n) is 6.09. The Hall–Kier alpha value is -2.69. The van der Waals surface area contributed by atoms with E-state index in [1.807, 2.05) is 0 Å². The van der Waals surface area contributed by atoms with Gasteiger partial charge in [0.2, 0.25) is 5.91 Å². The Kier molecular flexibility index (Phi) is 4.10. The van der Waals surface area contributed by atoms with Gasteiger partial charge in [0.15, 0.2) is 0 Å². The molecule has 0 heterocycles. The van der Waals surface area contributed by atoms with Crippen molar-refractivity contribution < 1.29 is 14.6 Å². The van der Waals surface area contributed by atoms with Gasteiger partial charge in [-0.15, -0.1) is 0 Å². The Morgan fingerprint density at radius 1 is 1.20 bits per heavy atom. The molecule has 0 fully saturated rings. The third-order valence-electron chi connectivity index (χ3n) is 2.93. The summed E-state index contributed by atoms with van der Waals surface area (Å²) in [6, 6.07) is 12.9. The van der Waals surface area contributed by atoms with E-state index in [0.717, 1.165) is 0 Å². The minimum absolute atomic E-state index is 0.0253. The Labute approximate surface area is 117 Å². The number of hydrogen-bond acceptors (Lipinski definition) is 4. The van der Waals surface area contributed by atoms with Crippen molar-refractivity contribution in [3.8, 4) is 11.5 Å². The van der Waals surface area contributed by atoms with E-state index in [1.165, 1.54) is 6.07 Å².